The van der Waals surface area contributed by atoms with E-state index in [0.29, 0.717) is 6.42 Å². The molecule has 1 rings (SSSR count). The number of carboxylic acid groups (broad SMARTS) is 1. The minimum atomic E-state index is -1.21. The Balaban J connectivity index is 2.49. The molecule has 138 valence electrons. The number of ether oxygens (including phenoxy) is 2. The van der Waals surface area contributed by atoms with Crippen LogP contribution in [-0.2, 0) is 14.3 Å². The van der Waals surface area contributed by atoms with Gasteiger partial charge in [0.05, 0.1) is 11.1 Å². The summed E-state index contributed by atoms with van der Waals surface area (Å²) in [5.74, 6) is -2.40. The largest absolute Gasteiger partial charge is 0.478 e. The molecule has 7 heteroatoms. The molecule has 1 unspecified atom stereocenters. The summed E-state index contributed by atoms with van der Waals surface area (Å²) in [7, 11) is 1.68. The predicted molar refractivity (Wildman–Crippen MR) is 91.6 cm³/mol. The molecule has 0 spiro atoms. The maximum absolute atomic E-state index is 12.0. The third-order valence-corrected chi connectivity index (χ3v) is 3.39. The van der Waals surface area contributed by atoms with Gasteiger partial charge in [-0.25, -0.2) is 9.59 Å². The monoisotopic (exact) mass is 351 g/mol. The lowest BCUT2D eigenvalue weighted by Gasteiger charge is -2.24. The van der Waals surface area contributed by atoms with Crippen molar-refractivity contribution >= 4 is 17.9 Å². The van der Waals surface area contributed by atoms with Crippen LogP contribution in [0.15, 0.2) is 24.3 Å². The summed E-state index contributed by atoms with van der Waals surface area (Å²) in [5, 5.41) is 12.0. The molecule has 0 aromatic heterocycles. The highest BCUT2D eigenvalue weighted by atomic mass is 16.6. The second-order valence-corrected chi connectivity index (χ2v) is 6.76. The molecule has 7 nitrogen and oxygen atoms in total. The summed E-state index contributed by atoms with van der Waals surface area (Å²) < 4.78 is 10.1. The van der Waals surface area contributed by atoms with Gasteiger partial charge >= 0.3 is 17.9 Å². The van der Waals surface area contributed by atoms with Crippen molar-refractivity contribution in [2.45, 2.75) is 33.2 Å². The topological polar surface area (TPSA) is 102 Å². The summed E-state index contributed by atoms with van der Waals surface area (Å²) in [4.78, 5) is 35.0. The van der Waals surface area contributed by atoms with Gasteiger partial charge in [0, 0.05) is 0 Å². The van der Waals surface area contributed by atoms with Crippen molar-refractivity contribution in [2.75, 3.05) is 20.3 Å². The van der Waals surface area contributed by atoms with Gasteiger partial charge in [0.1, 0.15) is 19.3 Å². The quantitative estimate of drug-likeness (QED) is 0.546. The van der Waals surface area contributed by atoms with Crippen LogP contribution < -0.4 is 5.32 Å². The highest BCUT2D eigenvalue weighted by Gasteiger charge is 2.24. The maximum atomic E-state index is 12.0. The number of esters is 2. The Morgan fingerprint density at radius 3 is 2.16 bits per heavy atom. The van der Waals surface area contributed by atoms with Crippen LogP contribution in [0.3, 0.4) is 0 Å². The van der Waals surface area contributed by atoms with Crippen molar-refractivity contribution in [3.05, 3.63) is 35.4 Å². The molecule has 0 heterocycles. The molecule has 0 amide bonds. The summed E-state index contributed by atoms with van der Waals surface area (Å²) in [6.07, 6.45) is 0.605. The van der Waals surface area contributed by atoms with Gasteiger partial charge in [0.2, 0.25) is 0 Å². The van der Waals surface area contributed by atoms with Crippen LogP contribution in [0, 0.1) is 5.41 Å². The SMILES string of the molecule is CNC(CC(C)(C)C)C(=O)OCCOC(=O)c1ccccc1C(=O)O. The molecular weight excluding hydrogens is 326 g/mol. The fourth-order valence-electron chi connectivity index (χ4n) is 2.22. The zero-order chi connectivity index (χ0) is 19.0. The maximum Gasteiger partial charge on any atom is 0.339 e. The lowest BCUT2D eigenvalue weighted by molar-refractivity contribution is -0.148. The molecular formula is C18H25NO6. The van der Waals surface area contributed by atoms with Crippen LogP contribution in [0.5, 0.6) is 0 Å². The second kappa shape index (κ2) is 9.17. The predicted octanol–water partition coefficient (Wildman–Crippen LogP) is 2.11. The Morgan fingerprint density at radius 1 is 1.08 bits per heavy atom. The van der Waals surface area contributed by atoms with Gasteiger partial charge in [0.15, 0.2) is 0 Å². The number of benzene rings is 1. The minimum absolute atomic E-state index is 0.0397. The fraction of sp³-hybridized carbons (Fsp3) is 0.500. The normalized spacial score (nSPS) is 12.3. The molecule has 0 fully saturated rings. The van der Waals surface area contributed by atoms with E-state index in [9.17, 15) is 14.4 Å². The van der Waals surface area contributed by atoms with Crippen LogP contribution in [0.25, 0.3) is 0 Å². The second-order valence-electron chi connectivity index (χ2n) is 6.76. The van der Waals surface area contributed by atoms with Gasteiger partial charge in [0.25, 0.3) is 0 Å². The Kier molecular flexibility index (Phi) is 7.57. The summed E-state index contributed by atoms with van der Waals surface area (Å²) in [5.41, 5.74) is -0.216. The molecule has 0 aliphatic heterocycles. The zero-order valence-electron chi connectivity index (χ0n) is 15.0. The number of hydrogen-bond acceptors (Lipinski definition) is 6. The van der Waals surface area contributed by atoms with Crippen molar-refractivity contribution in [1.82, 2.24) is 5.32 Å². The average molecular weight is 351 g/mol. The Labute approximate surface area is 147 Å². The molecule has 0 saturated heterocycles. The molecule has 1 aromatic rings. The Bertz CT molecular complexity index is 620. The molecule has 0 saturated carbocycles. The van der Waals surface area contributed by atoms with E-state index in [0.717, 1.165) is 0 Å². The zero-order valence-corrected chi connectivity index (χ0v) is 15.0. The van der Waals surface area contributed by atoms with Crippen molar-refractivity contribution < 1.29 is 29.0 Å². The smallest absolute Gasteiger partial charge is 0.339 e. The molecule has 1 atom stereocenters. The van der Waals surface area contributed by atoms with E-state index in [1.54, 1.807) is 13.1 Å². The van der Waals surface area contributed by atoms with Crippen LogP contribution in [0.4, 0.5) is 0 Å². The van der Waals surface area contributed by atoms with E-state index < -0.39 is 23.9 Å². The molecule has 0 aliphatic rings. The average Bonchev–Trinajstić information content (AvgIpc) is 2.55. The van der Waals surface area contributed by atoms with Crippen molar-refractivity contribution in [2.24, 2.45) is 5.41 Å². The molecule has 0 radical (unpaired) electrons. The molecule has 2 N–H and O–H groups in total. The summed E-state index contributed by atoms with van der Waals surface area (Å²) >= 11 is 0. The number of carbonyl (C=O) groups is 3. The van der Waals surface area contributed by atoms with Crippen LogP contribution in [0.1, 0.15) is 47.9 Å². The van der Waals surface area contributed by atoms with E-state index in [4.69, 9.17) is 14.6 Å². The number of likely N-dealkylation sites (N-methyl/N-ethyl adjacent to an activating group) is 1. The van der Waals surface area contributed by atoms with Crippen LogP contribution in [0.2, 0.25) is 0 Å². The minimum Gasteiger partial charge on any atom is -0.478 e. The first-order valence-electron chi connectivity index (χ1n) is 7.99. The van der Waals surface area contributed by atoms with E-state index in [1.807, 2.05) is 20.8 Å². The number of nitrogens with one attached hydrogen (secondary N) is 1. The summed E-state index contributed by atoms with van der Waals surface area (Å²) in [6.45, 7) is 5.82. The van der Waals surface area contributed by atoms with Gasteiger partial charge in [-0.2, -0.15) is 0 Å². The third-order valence-electron chi connectivity index (χ3n) is 3.39. The standard InChI is InChI=1S/C18H25NO6/c1-18(2,3)11-14(19-4)17(23)25-10-9-24-16(22)13-8-6-5-7-12(13)15(20)21/h5-8,14,19H,9-11H2,1-4H3,(H,20,21). The first kappa shape index (κ1) is 20.6. The first-order chi connectivity index (χ1) is 11.7. The van der Waals surface area contributed by atoms with Gasteiger partial charge in [-0.15, -0.1) is 0 Å². The number of carboxylic acids is 1. The first-order valence-corrected chi connectivity index (χ1v) is 7.99. The van der Waals surface area contributed by atoms with Gasteiger partial charge in [-0.05, 0) is 31.0 Å². The number of aromatic carboxylic acids is 1. The van der Waals surface area contributed by atoms with Crippen molar-refractivity contribution in [3.63, 3.8) is 0 Å². The van der Waals surface area contributed by atoms with E-state index >= 15 is 0 Å². The highest BCUT2D eigenvalue weighted by molar-refractivity contribution is 6.02. The Morgan fingerprint density at radius 2 is 1.64 bits per heavy atom. The fourth-order valence-corrected chi connectivity index (χ4v) is 2.22. The van der Waals surface area contributed by atoms with Crippen molar-refractivity contribution in [3.8, 4) is 0 Å². The third kappa shape index (κ3) is 6.93. The van der Waals surface area contributed by atoms with Gasteiger partial charge < -0.3 is 19.9 Å². The summed E-state index contributed by atoms with van der Waals surface area (Å²) in [6, 6.07) is 5.33. The lowest BCUT2D eigenvalue weighted by atomic mass is 9.88. The van der Waals surface area contributed by atoms with Gasteiger partial charge in [-0.3, -0.25) is 4.79 Å². The Hall–Kier alpha value is -2.41. The molecule has 0 bridgehead atoms. The number of hydrogen-bond donors (Lipinski definition) is 2. The number of carbonyl (C=O) groups excluding carboxylic acids is 2. The van der Waals surface area contributed by atoms with Crippen LogP contribution >= 0.6 is 0 Å². The van der Waals surface area contributed by atoms with Gasteiger partial charge in [-0.1, -0.05) is 32.9 Å². The molecule has 0 aliphatic carbocycles. The molecule has 1 aromatic carbocycles. The van der Waals surface area contributed by atoms with E-state index in [1.165, 1.54) is 18.2 Å². The van der Waals surface area contributed by atoms with E-state index in [-0.39, 0.29) is 29.8 Å². The number of rotatable bonds is 8. The van der Waals surface area contributed by atoms with Crippen molar-refractivity contribution in [1.29, 1.82) is 0 Å². The highest BCUT2D eigenvalue weighted by Crippen LogP contribution is 2.21. The molecule has 25 heavy (non-hydrogen) atoms. The lowest BCUT2D eigenvalue weighted by Crippen LogP contribution is -2.39. The van der Waals surface area contributed by atoms with Crippen LogP contribution in [-0.4, -0.2) is 49.3 Å². The van der Waals surface area contributed by atoms with E-state index in [2.05, 4.69) is 5.32 Å².